The maximum atomic E-state index is 12.3. The van der Waals surface area contributed by atoms with Crippen LogP contribution in [0.5, 0.6) is 0 Å². The summed E-state index contributed by atoms with van der Waals surface area (Å²) < 4.78 is 0. The van der Waals surface area contributed by atoms with Gasteiger partial charge < -0.3 is 5.32 Å². The maximum absolute atomic E-state index is 12.3. The van der Waals surface area contributed by atoms with Crippen molar-refractivity contribution in [2.75, 3.05) is 31.2 Å². The van der Waals surface area contributed by atoms with Crippen molar-refractivity contribution in [1.29, 1.82) is 0 Å². The molecular formula is C21H26N2OS. The van der Waals surface area contributed by atoms with Crippen LogP contribution in [-0.4, -0.2) is 36.7 Å². The van der Waals surface area contributed by atoms with Crippen LogP contribution in [0.3, 0.4) is 0 Å². The lowest BCUT2D eigenvalue weighted by atomic mass is 9.90. The van der Waals surface area contributed by atoms with Gasteiger partial charge in [-0.2, -0.15) is 0 Å². The highest BCUT2D eigenvalue weighted by Gasteiger charge is 2.21. The molecule has 25 heavy (non-hydrogen) atoms. The van der Waals surface area contributed by atoms with Gasteiger partial charge in [-0.05, 0) is 68.3 Å². The lowest BCUT2D eigenvalue weighted by Crippen LogP contribution is -2.39. The summed E-state index contributed by atoms with van der Waals surface area (Å²) in [6, 6.07) is 18.7. The van der Waals surface area contributed by atoms with Crippen molar-refractivity contribution in [3.8, 4) is 0 Å². The van der Waals surface area contributed by atoms with Gasteiger partial charge in [0.1, 0.15) is 0 Å². The second-order valence-corrected chi connectivity index (χ2v) is 7.57. The highest BCUT2D eigenvalue weighted by molar-refractivity contribution is 7.98. The monoisotopic (exact) mass is 354 g/mol. The lowest BCUT2D eigenvalue weighted by Gasteiger charge is -2.31. The Balaban J connectivity index is 1.43. The first-order valence-electron chi connectivity index (χ1n) is 8.93. The van der Waals surface area contributed by atoms with Gasteiger partial charge >= 0.3 is 0 Å². The molecule has 0 aromatic heterocycles. The topological polar surface area (TPSA) is 32.3 Å². The van der Waals surface area contributed by atoms with Crippen molar-refractivity contribution < 1.29 is 4.79 Å². The number of amides is 1. The van der Waals surface area contributed by atoms with Crippen molar-refractivity contribution in [2.45, 2.75) is 24.2 Å². The van der Waals surface area contributed by atoms with Crippen LogP contribution < -0.4 is 5.32 Å². The third kappa shape index (κ3) is 5.62. The summed E-state index contributed by atoms with van der Waals surface area (Å²) in [5.41, 5.74) is 2.31. The van der Waals surface area contributed by atoms with E-state index in [2.05, 4.69) is 46.6 Å². The standard InChI is InChI=1S/C21H26N2OS/c1-25-20-9-5-8-19(15-20)22-21(24)16-23-12-10-18(11-13-23)14-17-6-3-2-4-7-17/h2-9,15,18H,10-14,16H2,1H3,(H,22,24). The number of carbonyl (C=O) groups excluding carboxylic acids is 1. The molecule has 2 aromatic carbocycles. The number of piperidine rings is 1. The number of carbonyl (C=O) groups is 1. The Morgan fingerprint density at radius 2 is 1.88 bits per heavy atom. The SMILES string of the molecule is CSc1cccc(NC(=O)CN2CCC(Cc3ccccc3)CC2)c1. The van der Waals surface area contributed by atoms with E-state index in [4.69, 9.17) is 0 Å². The normalized spacial score (nSPS) is 15.9. The van der Waals surface area contributed by atoms with Gasteiger partial charge in [-0.15, -0.1) is 11.8 Å². The number of likely N-dealkylation sites (tertiary alicyclic amines) is 1. The Kier molecular flexibility index (Phi) is 6.54. The van der Waals surface area contributed by atoms with Crippen LogP contribution in [-0.2, 0) is 11.2 Å². The van der Waals surface area contributed by atoms with Gasteiger partial charge in [0.05, 0.1) is 6.54 Å². The van der Waals surface area contributed by atoms with E-state index < -0.39 is 0 Å². The van der Waals surface area contributed by atoms with E-state index >= 15 is 0 Å². The molecule has 2 aromatic rings. The van der Waals surface area contributed by atoms with E-state index in [-0.39, 0.29) is 5.91 Å². The van der Waals surface area contributed by atoms with Crippen LogP contribution in [0.4, 0.5) is 5.69 Å². The Bertz CT molecular complexity index is 681. The van der Waals surface area contributed by atoms with Crippen molar-refractivity contribution >= 4 is 23.4 Å². The second-order valence-electron chi connectivity index (χ2n) is 6.69. The molecule has 1 aliphatic heterocycles. The minimum absolute atomic E-state index is 0.0831. The lowest BCUT2D eigenvalue weighted by molar-refractivity contribution is -0.117. The van der Waals surface area contributed by atoms with Crippen molar-refractivity contribution in [3.05, 3.63) is 60.2 Å². The van der Waals surface area contributed by atoms with E-state index in [1.807, 2.05) is 24.5 Å². The summed E-state index contributed by atoms with van der Waals surface area (Å²) in [5, 5.41) is 3.02. The van der Waals surface area contributed by atoms with E-state index in [1.54, 1.807) is 11.8 Å². The zero-order valence-electron chi connectivity index (χ0n) is 14.8. The summed E-state index contributed by atoms with van der Waals surface area (Å²) in [6.07, 6.45) is 5.54. The highest BCUT2D eigenvalue weighted by atomic mass is 32.2. The molecule has 0 bridgehead atoms. The fraction of sp³-hybridized carbons (Fsp3) is 0.381. The summed E-state index contributed by atoms with van der Waals surface area (Å²) in [7, 11) is 0. The van der Waals surface area contributed by atoms with Crippen LogP contribution in [0.25, 0.3) is 0 Å². The number of hydrogen-bond acceptors (Lipinski definition) is 3. The van der Waals surface area contributed by atoms with Gasteiger partial charge in [-0.3, -0.25) is 9.69 Å². The largest absolute Gasteiger partial charge is 0.325 e. The van der Waals surface area contributed by atoms with Crippen LogP contribution in [0.15, 0.2) is 59.5 Å². The van der Waals surface area contributed by atoms with Gasteiger partial charge in [0, 0.05) is 10.6 Å². The molecule has 3 rings (SSSR count). The third-order valence-corrected chi connectivity index (χ3v) is 5.52. The van der Waals surface area contributed by atoms with Crippen LogP contribution in [0, 0.1) is 5.92 Å². The molecule has 1 aliphatic rings. The minimum atomic E-state index is 0.0831. The molecule has 4 heteroatoms. The summed E-state index contributed by atoms with van der Waals surface area (Å²) in [4.78, 5) is 15.7. The molecule has 0 spiro atoms. The zero-order valence-corrected chi connectivity index (χ0v) is 15.6. The Labute approximate surface area is 154 Å². The van der Waals surface area contributed by atoms with Crippen molar-refractivity contribution in [1.82, 2.24) is 4.90 Å². The minimum Gasteiger partial charge on any atom is -0.325 e. The van der Waals surface area contributed by atoms with E-state index in [0.717, 1.165) is 31.1 Å². The van der Waals surface area contributed by atoms with E-state index in [1.165, 1.54) is 23.3 Å². The average Bonchev–Trinajstić information content (AvgIpc) is 2.64. The summed E-state index contributed by atoms with van der Waals surface area (Å²) >= 11 is 1.68. The molecule has 1 saturated heterocycles. The fourth-order valence-electron chi connectivity index (χ4n) is 3.40. The molecule has 3 nitrogen and oxygen atoms in total. The molecule has 1 fully saturated rings. The van der Waals surface area contributed by atoms with Crippen LogP contribution in [0.1, 0.15) is 18.4 Å². The molecule has 0 atom stereocenters. The predicted molar refractivity (Wildman–Crippen MR) is 106 cm³/mol. The molecule has 0 unspecified atom stereocenters. The predicted octanol–water partition coefficient (Wildman–Crippen LogP) is 4.30. The highest BCUT2D eigenvalue weighted by Crippen LogP contribution is 2.22. The molecule has 132 valence electrons. The van der Waals surface area contributed by atoms with Crippen LogP contribution >= 0.6 is 11.8 Å². The first-order valence-corrected chi connectivity index (χ1v) is 10.2. The van der Waals surface area contributed by atoms with Gasteiger partial charge in [0.25, 0.3) is 0 Å². The third-order valence-electron chi connectivity index (χ3n) is 4.80. The van der Waals surface area contributed by atoms with Gasteiger partial charge in [-0.25, -0.2) is 0 Å². The van der Waals surface area contributed by atoms with Crippen molar-refractivity contribution in [3.63, 3.8) is 0 Å². The van der Waals surface area contributed by atoms with Gasteiger partial charge in [0.15, 0.2) is 0 Å². The Morgan fingerprint density at radius 1 is 1.12 bits per heavy atom. The van der Waals surface area contributed by atoms with E-state index in [0.29, 0.717) is 6.54 Å². The number of hydrogen-bond donors (Lipinski definition) is 1. The number of nitrogens with one attached hydrogen (secondary N) is 1. The zero-order chi connectivity index (χ0) is 17.5. The summed E-state index contributed by atoms with van der Waals surface area (Å²) in [6.45, 7) is 2.51. The van der Waals surface area contributed by atoms with Crippen LogP contribution in [0.2, 0.25) is 0 Å². The van der Waals surface area contributed by atoms with Gasteiger partial charge in [-0.1, -0.05) is 36.4 Å². The molecule has 1 N–H and O–H groups in total. The molecular weight excluding hydrogens is 328 g/mol. The number of anilines is 1. The molecule has 1 heterocycles. The quantitative estimate of drug-likeness (QED) is 0.785. The average molecular weight is 355 g/mol. The summed E-state index contributed by atoms with van der Waals surface area (Å²) in [5.74, 6) is 0.819. The van der Waals surface area contributed by atoms with Gasteiger partial charge in [0.2, 0.25) is 5.91 Å². The smallest absolute Gasteiger partial charge is 0.238 e. The second kappa shape index (κ2) is 9.07. The molecule has 0 saturated carbocycles. The maximum Gasteiger partial charge on any atom is 0.238 e. The number of nitrogens with zero attached hydrogens (tertiary/aromatic N) is 1. The molecule has 1 amide bonds. The fourth-order valence-corrected chi connectivity index (χ4v) is 3.86. The Morgan fingerprint density at radius 3 is 2.60 bits per heavy atom. The van der Waals surface area contributed by atoms with Crippen molar-refractivity contribution in [2.24, 2.45) is 5.92 Å². The Hall–Kier alpha value is -1.78. The first-order chi connectivity index (χ1) is 12.2. The number of benzene rings is 2. The molecule has 0 aliphatic carbocycles. The van der Waals surface area contributed by atoms with E-state index in [9.17, 15) is 4.79 Å². The number of thioether (sulfide) groups is 1. The first kappa shape index (κ1) is 18.0. The number of rotatable bonds is 6. The molecule has 0 radical (unpaired) electrons.